The number of benzene rings is 3. The number of carbonyl (C=O) groups excluding carboxylic acids is 2. The van der Waals surface area contributed by atoms with E-state index in [1.54, 1.807) is 66.3 Å². The molecule has 2 aliphatic carbocycles. The summed E-state index contributed by atoms with van der Waals surface area (Å²) in [5.41, 5.74) is 6.10. The van der Waals surface area contributed by atoms with Gasteiger partial charge in [-0.25, -0.2) is 14.5 Å². The number of aromatic nitrogens is 10. The van der Waals surface area contributed by atoms with Crippen molar-refractivity contribution in [3.63, 3.8) is 0 Å². The predicted octanol–water partition coefficient (Wildman–Crippen LogP) is 8.31. The lowest BCUT2D eigenvalue weighted by Crippen LogP contribution is -2.47. The predicted molar refractivity (Wildman–Crippen MR) is 280 cm³/mol. The Morgan fingerprint density at radius 3 is 2.36 bits per heavy atom. The summed E-state index contributed by atoms with van der Waals surface area (Å²) in [7, 11) is 6.94. The highest BCUT2D eigenvalue weighted by Gasteiger charge is 2.42. The minimum atomic E-state index is -4.70. The largest absolute Gasteiger partial charge is 0.497 e. The van der Waals surface area contributed by atoms with Crippen LogP contribution in [0.4, 0.5) is 30.6 Å². The molecule has 5 aromatic heterocycles. The Hall–Kier alpha value is -8.30. The maximum absolute atomic E-state index is 14.8. The summed E-state index contributed by atoms with van der Waals surface area (Å²) >= 11 is 0. The number of hydrogen-bond donors (Lipinski definition) is 2. The van der Waals surface area contributed by atoms with Crippen LogP contribution in [0, 0.1) is 0 Å². The molecule has 2 aliphatic heterocycles. The highest BCUT2D eigenvalue weighted by atomic mass is 19.4. The number of carbonyl (C=O) groups is 2. The first kappa shape index (κ1) is 49.6. The number of nitrogens with one attached hydrogen (secondary N) is 2. The van der Waals surface area contributed by atoms with Gasteiger partial charge in [0.2, 0.25) is 6.33 Å². The average Bonchev–Trinajstić information content (AvgIpc) is 3.82. The molecule has 12 rings (SSSR count). The van der Waals surface area contributed by atoms with E-state index < -0.39 is 17.6 Å². The number of pyridine rings is 2. The van der Waals surface area contributed by atoms with Crippen molar-refractivity contribution in [2.75, 3.05) is 42.4 Å². The molecule has 0 radical (unpaired) electrons. The van der Waals surface area contributed by atoms with Crippen molar-refractivity contribution in [1.82, 2.24) is 49.6 Å². The van der Waals surface area contributed by atoms with Crippen LogP contribution in [0.25, 0.3) is 45.2 Å². The van der Waals surface area contributed by atoms with E-state index in [-0.39, 0.29) is 48.2 Å². The van der Waals surface area contributed by atoms with Crippen LogP contribution in [0.15, 0.2) is 97.7 Å². The maximum Gasteiger partial charge on any atom is 0.416 e. The van der Waals surface area contributed by atoms with Crippen molar-refractivity contribution in [3.8, 4) is 50.9 Å². The smallest absolute Gasteiger partial charge is 0.416 e. The molecule has 7 heterocycles. The normalized spacial score (nSPS) is 15.8. The van der Waals surface area contributed by atoms with E-state index in [0.717, 1.165) is 66.1 Å². The molecule has 394 valence electrons. The Bertz CT molecular complexity index is 3630. The standard InChI is InChI=1S/C56H56F3N14O4/c1-6-61-47-22-36(24-49(65-47)73-28-44-42(54(73)75)18-33(19-45(44)56(57,58)59)25-60-29-55(77-5)16-9-17-55)50-43(26-63-69(50)3)52-67-71(31-68(52)2)32-70-30-62-66-51(70)41-11-8-7-10-39(41)35-21-46(34-12-13-34)64-48(23-35)72-27-37-20-38(76-4)14-15-40(37)53(72)74/h7-8,10-11,14-15,18-24,26,30-31,34,60H,6,9,12-13,16-17,25,27-29,32H2,1-5H3,(H,61,65)/q+1. The third-order valence-corrected chi connectivity index (χ3v) is 15.3. The summed E-state index contributed by atoms with van der Waals surface area (Å²) in [6, 6.07) is 23.8. The number of alkyl halides is 3. The highest BCUT2D eigenvalue weighted by molar-refractivity contribution is 6.11. The Balaban J connectivity index is 0.832. The number of aryl methyl sites for hydroxylation is 2. The van der Waals surface area contributed by atoms with Crippen molar-refractivity contribution in [2.45, 2.75) is 83.0 Å². The van der Waals surface area contributed by atoms with Crippen LogP contribution in [0.3, 0.4) is 0 Å². The molecule has 77 heavy (non-hydrogen) atoms. The van der Waals surface area contributed by atoms with Crippen LogP contribution in [-0.2, 0) is 51.3 Å². The first-order valence-corrected chi connectivity index (χ1v) is 25.7. The number of fused-ring (bicyclic) bond motifs is 2. The number of nitrogens with zero attached hydrogens (tertiary/aromatic N) is 12. The minimum absolute atomic E-state index is 0.00421. The van der Waals surface area contributed by atoms with Gasteiger partial charge >= 0.3 is 12.0 Å². The number of rotatable bonds is 17. The van der Waals surface area contributed by atoms with Gasteiger partial charge in [0.05, 0.1) is 50.3 Å². The van der Waals surface area contributed by atoms with E-state index in [2.05, 4.69) is 32.0 Å². The van der Waals surface area contributed by atoms with E-state index in [1.165, 1.54) is 4.90 Å². The van der Waals surface area contributed by atoms with Gasteiger partial charge in [0.1, 0.15) is 35.1 Å². The third-order valence-electron chi connectivity index (χ3n) is 15.3. The first-order valence-electron chi connectivity index (χ1n) is 25.7. The summed E-state index contributed by atoms with van der Waals surface area (Å²) in [5.74, 6) is 2.69. The Morgan fingerprint density at radius 2 is 1.62 bits per heavy atom. The fourth-order valence-corrected chi connectivity index (χ4v) is 10.9. The molecule has 0 unspecified atom stereocenters. The van der Waals surface area contributed by atoms with Gasteiger partial charge in [0.15, 0.2) is 12.5 Å². The second-order valence-corrected chi connectivity index (χ2v) is 20.3. The van der Waals surface area contributed by atoms with Crippen molar-refractivity contribution in [1.29, 1.82) is 0 Å². The third kappa shape index (κ3) is 9.15. The van der Waals surface area contributed by atoms with Gasteiger partial charge in [-0.05, 0) is 121 Å². The van der Waals surface area contributed by atoms with Crippen molar-refractivity contribution >= 4 is 29.3 Å². The molecule has 2 N–H and O–H groups in total. The molecule has 0 atom stereocenters. The Labute approximate surface area is 441 Å². The van der Waals surface area contributed by atoms with Crippen LogP contribution < -0.4 is 29.7 Å². The molecule has 18 nitrogen and oxygen atoms in total. The van der Waals surface area contributed by atoms with Gasteiger partial charge in [-0.2, -0.15) is 18.3 Å². The molecule has 0 saturated heterocycles. The van der Waals surface area contributed by atoms with Crippen LogP contribution in [0.1, 0.15) is 93.6 Å². The molecule has 4 aliphatic rings. The molecule has 0 bridgehead atoms. The van der Waals surface area contributed by atoms with Crippen LogP contribution in [0.5, 0.6) is 5.75 Å². The van der Waals surface area contributed by atoms with Crippen molar-refractivity contribution in [3.05, 3.63) is 137 Å². The van der Waals surface area contributed by atoms with Crippen molar-refractivity contribution < 1.29 is 36.8 Å². The average molecular weight is 1050 g/mol. The lowest BCUT2D eigenvalue weighted by atomic mass is 9.80. The lowest BCUT2D eigenvalue weighted by Gasteiger charge is -2.40. The quantitative estimate of drug-likeness (QED) is 0.0835. The number of anilines is 3. The lowest BCUT2D eigenvalue weighted by molar-refractivity contribution is -0.661. The van der Waals surface area contributed by atoms with E-state index in [9.17, 15) is 22.8 Å². The molecule has 3 aromatic carbocycles. The van der Waals surface area contributed by atoms with Crippen LogP contribution in [-0.4, -0.2) is 89.0 Å². The van der Waals surface area contributed by atoms with Gasteiger partial charge < -0.3 is 20.1 Å². The monoisotopic (exact) mass is 1050 g/mol. The zero-order valence-electron chi connectivity index (χ0n) is 43.2. The second kappa shape index (κ2) is 19.4. The zero-order valence-corrected chi connectivity index (χ0v) is 43.2. The SMILES string of the molecule is CCNc1cc(-c2c(-c3nn(Cn4cnnc4-c4ccccc4-c4cc(C5CC5)nc(N5Cc6cc(OC)ccc6C5=O)c4)c[n+]3C)cnn2C)cc(N2Cc3c(cc(CNCC4(OC)CCC4)cc3C(F)(F)F)C2=O)n1. The number of halogens is 3. The van der Waals surface area contributed by atoms with Crippen LogP contribution >= 0.6 is 0 Å². The fraction of sp³-hybridized carbons (Fsp3) is 0.339. The van der Waals surface area contributed by atoms with E-state index in [0.29, 0.717) is 82.5 Å². The van der Waals surface area contributed by atoms with Gasteiger partial charge in [0, 0.05) is 72.8 Å². The summed E-state index contributed by atoms with van der Waals surface area (Å²) in [6.45, 7) is 3.34. The number of hydrogen-bond acceptors (Lipinski definition) is 12. The van der Waals surface area contributed by atoms with E-state index in [4.69, 9.17) is 24.5 Å². The molecule has 2 saturated carbocycles. The molecule has 21 heteroatoms. The highest BCUT2D eigenvalue weighted by Crippen LogP contribution is 2.45. The van der Waals surface area contributed by atoms with Gasteiger partial charge in [-0.1, -0.05) is 28.9 Å². The van der Waals surface area contributed by atoms with Crippen molar-refractivity contribution in [2.24, 2.45) is 14.1 Å². The van der Waals surface area contributed by atoms with Gasteiger partial charge in [-0.3, -0.25) is 28.6 Å². The number of ether oxygens (including phenoxy) is 2. The summed E-state index contributed by atoms with van der Waals surface area (Å²) in [5, 5.41) is 25.2. The fourth-order valence-electron chi connectivity index (χ4n) is 10.9. The molecular weight excluding hydrogens is 990 g/mol. The topological polar surface area (TPSA) is 179 Å². The molecule has 2 amide bonds. The zero-order chi connectivity index (χ0) is 53.3. The summed E-state index contributed by atoms with van der Waals surface area (Å²) in [6.07, 6.45) is 5.38. The van der Waals surface area contributed by atoms with Gasteiger partial charge in [0.25, 0.3) is 11.8 Å². The Kier molecular flexibility index (Phi) is 12.5. The molecule has 2 fully saturated rings. The molecular formula is C56H56F3N14O4+. The van der Waals surface area contributed by atoms with Gasteiger partial charge in [-0.15, -0.1) is 10.2 Å². The van der Waals surface area contributed by atoms with E-state index in [1.807, 2.05) is 78.0 Å². The molecule has 8 aromatic rings. The van der Waals surface area contributed by atoms with E-state index >= 15 is 0 Å². The second-order valence-electron chi connectivity index (χ2n) is 20.3. The first-order chi connectivity index (χ1) is 37.2. The summed E-state index contributed by atoms with van der Waals surface area (Å²) < 4.78 is 62.8. The number of amides is 2. The number of methoxy groups -OCH3 is 2. The summed E-state index contributed by atoms with van der Waals surface area (Å²) in [4.78, 5) is 41.0. The minimum Gasteiger partial charge on any atom is -0.497 e. The maximum atomic E-state index is 14.8. The Morgan fingerprint density at radius 1 is 0.857 bits per heavy atom. The molecule has 0 spiro atoms. The van der Waals surface area contributed by atoms with Crippen LogP contribution in [0.2, 0.25) is 0 Å².